The van der Waals surface area contributed by atoms with Crippen LogP contribution in [0.4, 0.5) is 0 Å². The van der Waals surface area contributed by atoms with E-state index in [4.69, 9.17) is 9.47 Å². The Morgan fingerprint density at radius 2 is 1.76 bits per heavy atom. The van der Waals surface area contributed by atoms with Crippen molar-refractivity contribution >= 4 is 47.0 Å². The molecular weight excluding hydrogens is 480 g/mol. The lowest BCUT2D eigenvalue weighted by atomic mass is 10.1. The number of carboxylic acid groups (broad SMARTS) is 1. The van der Waals surface area contributed by atoms with Crippen LogP contribution in [0, 0.1) is 6.92 Å². The van der Waals surface area contributed by atoms with Crippen LogP contribution in [0.1, 0.15) is 47.7 Å². The second kappa shape index (κ2) is 11.5. The number of benzene rings is 1. The molecule has 0 aliphatic heterocycles. The van der Waals surface area contributed by atoms with E-state index >= 15 is 0 Å². The minimum atomic E-state index is -1.32. The number of rotatable bonds is 9. The Hall–Kier alpha value is -2.89. The molecule has 2 heterocycles. The first-order valence-corrected chi connectivity index (χ1v) is 11.3. The average Bonchev–Trinajstić information content (AvgIpc) is 3.11. The largest absolute Gasteiger partial charge is 0.480 e. The molecule has 0 radical (unpaired) electrons. The third-order valence-corrected chi connectivity index (χ3v) is 6.30. The number of nitrogens with zero attached hydrogens (tertiary/aromatic N) is 2. The molecule has 11 heteroatoms. The number of hydrogen-bond donors (Lipinski definition) is 1. The first kappa shape index (κ1) is 27.4. The number of esters is 1. The summed E-state index contributed by atoms with van der Waals surface area (Å²) in [6, 6.07) is 9.30. The van der Waals surface area contributed by atoms with Crippen LogP contribution < -0.4 is 11.2 Å². The molecule has 1 N–H and O–H groups in total. The summed E-state index contributed by atoms with van der Waals surface area (Å²) < 4.78 is 13.2. The van der Waals surface area contributed by atoms with Gasteiger partial charge in [0, 0.05) is 0 Å². The lowest BCUT2D eigenvalue weighted by Crippen LogP contribution is -2.42. The van der Waals surface area contributed by atoms with E-state index in [1.165, 1.54) is 4.57 Å². The highest BCUT2D eigenvalue weighted by atomic mass is 32.1. The predicted octanol–water partition coefficient (Wildman–Crippen LogP) is 3.07. The minimum Gasteiger partial charge on any atom is -0.480 e. The van der Waals surface area contributed by atoms with E-state index in [1.54, 1.807) is 13.8 Å². The summed E-state index contributed by atoms with van der Waals surface area (Å²) in [5.74, 6) is -1.92. The van der Waals surface area contributed by atoms with Crippen LogP contribution in [0.15, 0.2) is 39.9 Å². The summed E-state index contributed by atoms with van der Waals surface area (Å²) in [6.07, 6.45) is -0.706. The molecule has 0 aliphatic rings. The third-order valence-electron chi connectivity index (χ3n) is 5.00. The van der Waals surface area contributed by atoms with Crippen LogP contribution in [-0.4, -0.2) is 38.9 Å². The monoisotopic (exact) mass is 508 g/mol. The number of aryl methyl sites for hydroxylation is 1. The van der Waals surface area contributed by atoms with Gasteiger partial charge in [-0.05, 0) is 38.8 Å². The number of aliphatic carboxylic acids is 1. The molecule has 34 heavy (non-hydrogen) atoms. The van der Waals surface area contributed by atoms with Crippen LogP contribution in [0.3, 0.4) is 0 Å². The van der Waals surface area contributed by atoms with Crippen LogP contribution in [-0.2, 0) is 27.4 Å². The first-order chi connectivity index (χ1) is 15.6. The fraction of sp³-hybridized carbons (Fsp3) is 0.391. The van der Waals surface area contributed by atoms with Crippen LogP contribution in [0.2, 0.25) is 0 Å². The SMILES string of the molecule is CCOC(=O)c1sc2c(c1C)c(=O)n(CC(=O)O)c(=O)n2C[C@@H](OC(C)C)c1ccccc1.S. The molecule has 0 amide bonds. The van der Waals surface area contributed by atoms with Crippen LogP contribution >= 0.6 is 24.8 Å². The molecule has 184 valence electrons. The van der Waals surface area contributed by atoms with Crippen molar-refractivity contribution in [1.29, 1.82) is 0 Å². The smallest absolute Gasteiger partial charge is 0.348 e. The maximum atomic E-state index is 13.3. The Kier molecular flexibility index (Phi) is 9.25. The van der Waals surface area contributed by atoms with Gasteiger partial charge in [-0.25, -0.2) is 14.2 Å². The van der Waals surface area contributed by atoms with Crippen molar-refractivity contribution in [3.05, 3.63) is 67.2 Å². The van der Waals surface area contributed by atoms with Gasteiger partial charge in [0.25, 0.3) is 5.56 Å². The number of thiophene rings is 1. The van der Waals surface area contributed by atoms with Crippen molar-refractivity contribution in [2.75, 3.05) is 6.61 Å². The Morgan fingerprint density at radius 1 is 1.12 bits per heavy atom. The molecule has 0 saturated heterocycles. The molecule has 1 atom stereocenters. The van der Waals surface area contributed by atoms with E-state index in [0.29, 0.717) is 10.1 Å². The highest BCUT2D eigenvalue weighted by Crippen LogP contribution is 2.30. The van der Waals surface area contributed by atoms with Gasteiger partial charge in [0.2, 0.25) is 0 Å². The van der Waals surface area contributed by atoms with Gasteiger partial charge in [0.15, 0.2) is 0 Å². The van der Waals surface area contributed by atoms with Crippen molar-refractivity contribution in [2.45, 2.75) is 53.0 Å². The highest BCUT2D eigenvalue weighted by Gasteiger charge is 2.26. The summed E-state index contributed by atoms with van der Waals surface area (Å²) in [6.45, 7) is 6.39. The lowest BCUT2D eigenvalue weighted by Gasteiger charge is -2.22. The average molecular weight is 509 g/mol. The number of ether oxygens (including phenoxy) is 2. The van der Waals surface area contributed by atoms with Gasteiger partial charge in [0.05, 0.1) is 24.6 Å². The minimum absolute atomic E-state index is 0. The van der Waals surface area contributed by atoms with Gasteiger partial charge < -0.3 is 14.6 Å². The van der Waals surface area contributed by atoms with Crippen LogP contribution in [0.25, 0.3) is 10.2 Å². The Balaban J connectivity index is 0.00000408. The van der Waals surface area contributed by atoms with Crippen molar-refractivity contribution in [3.8, 4) is 0 Å². The lowest BCUT2D eigenvalue weighted by molar-refractivity contribution is -0.137. The van der Waals surface area contributed by atoms with Crippen molar-refractivity contribution in [1.82, 2.24) is 9.13 Å². The number of carbonyl (C=O) groups excluding carboxylic acids is 1. The van der Waals surface area contributed by atoms with Crippen LogP contribution in [0.5, 0.6) is 0 Å². The molecule has 3 aromatic rings. The topological polar surface area (TPSA) is 117 Å². The van der Waals surface area contributed by atoms with E-state index in [0.717, 1.165) is 16.9 Å². The van der Waals surface area contributed by atoms with E-state index in [9.17, 15) is 24.3 Å². The number of carboxylic acids is 1. The Bertz CT molecular complexity index is 1290. The zero-order valence-corrected chi connectivity index (χ0v) is 21.2. The standard InChI is InChI=1S/C23H26N2O7S.H2S/c1-5-31-22(29)19-14(4)18-20(28)24(12-17(26)27)23(30)25(21(18)33-19)11-16(32-13(2)3)15-9-7-6-8-10-15;/h6-10,13,16H,5,11-12H2,1-4H3,(H,26,27);1H2/t16-;/m1./s1. The fourth-order valence-corrected chi connectivity index (χ4v) is 4.81. The number of hydrogen-bond acceptors (Lipinski definition) is 7. The summed E-state index contributed by atoms with van der Waals surface area (Å²) in [5, 5.41) is 9.41. The maximum absolute atomic E-state index is 13.3. The zero-order valence-electron chi connectivity index (χ0n) is 19.4. The molecule has 1 aromatic carbocycles. The van der Waals surface area contributed by atoms with Gasteiger partial charge in [-0.2, -0.15) is 13.5 Å². The second-order valence-corrected chi connectivity index (χ2v) is 8.72. The molecule has 9 nitrogen and oxygen atoms in total. The van der Waals surface area contributed by atoms with Gasteiger partial charge in [-0.1, -0.05) is 30.3 Å². The predicted molar refractivity (Wildman–Crippen MR) is 134 cm³/mol. The van der Waals surface area contributed by atoms with Gasteiger partial charge in [-0.15, -0.1) is 11.3 Å². The van der Waals surface area contributed by atoms with Crippen molar-refractivity contribution < 1.29 is 24.2 Å². The van der Waals surface area contributed by atoms with Gasteiger partial charge in [-0.3, -0.25) is 14.2 Å². The molecule has 0 fully saturated rings. The number of fused-ring (bicyclic) bond motifs is 1. The number of aromatic nitrogens is 2. The maximum Gasteiger partial charge on any atom is 0.348 e. The Morgan fingerprint density at radius 3 is 2.32 bits per heavy atom. The van der Waals surface area contributed by atoms with E-state index in [2.05, 4.69) is 0 Å². The van der Waals surface area contributed by atoms with Crippen molar-refractivity contribution in [3.63, 3.8) is 0 Å². The molecule has 0 spiro atoms. The fourth-order valence-electron chi connectivity index (χ4n) is 3.61. The normalized spacial score (nSPS) is 11.9. The Labute approximate surface area is 207 Å². The van der Waals surface area contributed by atoms with E-state index in [-0.39, 0.29) is 47.8 Å². The quantitative estimate of drug-likeness (QED) is 0.442. The molecule has 0 unspecified atom stereocenters. The second-order valence-electron chi connectivity index (χ2n) is 7.72. The summed E-state index contributed by atoms with van der Waals surface area (Å²) >= 11 is 0.983. The zero-order chi connectivity index (χ0) is 24.3. The summed E-state index contributed by atoms with van der Waals surface area (Å²) in [7, 11) is 0. The number of carbonyl (C=O) groups is 2. The molecule has 3 rings (SSSR count). The molecule has 0 aliphatic carbocycles. The van der Waals surface area contributed by atoms with E-state index < -0.39 is 35.8 Å². The first-order valence-electron chi connectivity index (χ1n) is 10.5. The molecular formula is C23H28N2O7S2. The third kappa shape index (κ3) is 5.60. The van der Waals surface area contributed by atoms with Gasteiger partial charge >= 0.3 is 17.6 Å². The molecule has 2 aromatic heterocycles. The molecule has 0 bridgehead atoms. The highest BCUT2D eigenvalue weighted by molar-refractivity contribution is 7.59. The van der Waals surface area contributed by atoms with Crippen molar-refractivity contribution in [2.24, 2.45) is 0 Å². The van der Waals surface area contributed by atoms with E-state index in [1.807, 2.05) is 44.2 Å². The molecule has 0 saturated carbocycles. The van der Waals surface area contributed by atoms with Gasteiger partial charge in [0.1, 0.15) is 22.4 Å². The summed E-state index contributed by atoms with van der Waals surface area (Å²) in [4.78, 5) is 50.7. The summed E-state index contributed by atoms with van der Waals surface area (Å²) in [5.41, 5.74) is -0.354.